The molecule has 1 atom stereocenters. The molecule has 0 aliphatic heterocycles. The van der Waals surface area contributed by atoms with Crippen LogP contribution in [0.5, 0.6) is 0 Å². The number of carbonyl (C=O) groups is 1. The predicted octanol–water partition coefficient (Wildman–Crippen LogP) is 3.24. The van der Waals surface area contributed by atoms with Crippen molar-refractivity contribution in [2.75, 3.05) is 6.54 Å². The molecule has 106 valence electrons. The number of amides is 1. The molecule has 1 amide bonds. The lowest BCUT2D eigenvalue weighted by Gasteiger charge is -2.16. The van der Waals surface area contributed by atoms with Gasteiger partial charge in [-0.1, -0.05) is 43.1 Å². The van der Waals surface area contributed by atoms with E-state index in [4.69, 9.17) is 23.2 Å². The standard InChI is InChI=1S/C14H20Cl2N2O/c1-9(2)7-18-14(19)10(3)17-8-11-12(15)5-4-6-13(11)16/h4-6,9-10,17H,7-8H2,1-3H3,(H,18,19). The smallest absolute Gasteiger partial charge is 0.236 e. The number of benzene rings is 1. The van der Waals surface area contributed by atoms with Crippen molar-refractivity contribution in [3.63, 3.8) is 0 Å². The molecule has 0 saturated carbocycles. The number of halogens is 2. The molecule has 0 aliphatic carbocycles. The fourth-order valence-electron chi connectivity index (χ4n) is 1.51. The molecule has 1 unspecified atom stereocenters. The minimum Gasteiger partial charge on any atom is -0.354 e. The summed E-state index contributed by atoms with van der Waals surface area (Å²) in [6, 6.07) is 5.08. The number of nitrogens with one attached hydrogen (secondary N) is 2. The van der Waals surface area contributed by atoms with Gasteiger partial charge in [-0.3, -0.25) is 4.79 Å². The van der Waals surface area contributed by atoms with Gasteiger partial charge in [0.25, 0.3) is 0 Å². The maximum absolute atomic E-state index is 11.8. The quantitative estimate of drug-likeness (QED) is 0.847. The number of rotatable bonds is 6. The Bertz CT molecular complexity index is 415. The van der Waals surface area contributed by atoms with Crippen LogP contribution in [0.4, 0.5) is 0 Å². The van der Waals surface area contributed by atoms with Crippen LogP contribution in [0.1, 0.15) is 26.3 Å². The third-order valence-corrected chi connectivity index (χ3v) is 3.43. The molecule has 1 aromatic carbocycles. The van der Waals surface area contributed by atoms with Crippen LogP contribution in [0.3, 0.4) is 0 Å². The third kappa shape index (κ3) is 5.39. The molecule has 0 saturated heterocycles. The fourth-order valence-corrected chi connectivity index (χ4v) is 2.04. The molecule has 0 fully saturated rings. The first-order chi connectivity index (χ1) is 8.91. The lowest BCUT2D eigenvalue weighted by molar-refractivity contribution is -0.122. The summed E-state index contributed by atoms with van der Waals surface area (Å²) in [6.45, 7) is 7.08. The monoisotopic (exact) mass is 302 g/mol. The average molecular weight is 303 g/mol. The highest BCUT2D eigenvalue weighted by atomic mass is 35.5. The zero-order valence-corrected chi connectivity index (χ0v) is 13.0. The Balaban J connectivity index is 2.50. The summed E-state index contributed by atoms with van der Waals surface area (Å²) in [6.07, 6.45) is 0. The predicted molar refractivity (Wildman–Crippen MR) is 80.6 cm³/mol. The molecule has 0 radical (unpaired) electrons. The largest absolute Gasteiger partial charge is 0.354 e. The first-order valence-corrected chi connectivity index (χ1v) is 7.11. The van der Waals surface area contributed by atoms with Crippen molar-refractivity contribution < 1.29 is 4.79 Å². The zero-order chi connectivity index (χ0) is 14.4. The molecule has 0 heterocycles. The van der Waals surface area contributed by atoms with Crippen LogP contribution < -0.4 is 10.6 Å². The molecule has 0 spiro atoms. The molecule has 0 bridgehead atoms. The Kier molecular flexibility index (Phi) is 6.63. The summed E-state index contributed by atoms with van der Waals surface area (Å²) in [4.78, 5) is 11.8. The lowest BCUT2D eigenvalue weighted by atomic mass is 10.2. The van der Waals surface area contributed by atoms with Gasteiger partial charge in [-0.2, -0.15) is 0 Å². The highest BCUT2D eigenvalue weighted by Crippen LogP contribution is 2.23. The highest BCUT2D eigenvalue weighted by Gasteiger charge is 2.13. The second-order valence-corrected chi connectivity index (χ2v) is 5.76. The summed E-state index contributed by atoms with van der Waals surface area (Å²) in [5, 5.41) is 7.22. The van der Waals surface area contributed by atoms with Crippen molar-refractivity contribution in [2.24, 2.45) is 5.92 Å². The summed E-state index contributed by atoms with van der Waals surface area (Å²) >= 11 is 12.1. The number of hydrogen-bond donors (Lipinski definition) is 2. The average Bonchev–Trinajstić information content (AvgIpc) is 2.35. The highest BCUT2D eigenvalue weighted by molar-refractivity contribution is 6.35. The van der Waals surface area contributed by atoms with Crippen molar-refractivity contribution in [1.29, 1.82) is 0 Å². The minimum absolute atomic E-state index is 0.0168. The Labute approximate surface area is 124 Å². The van der Waals surface area contributed by atoms with Gasteiger partial charge in [0.05, 0.1) is 6.04 Å². The van der Waals surface area contributed by atoms with Crippen molar-refractivity contribution in [1.82, 2.24) is 10.6 Å². The van der Waals surface area contributed by atoms with Gasteiger partial charge in [-0.15, -0.1) is 0 Å². The van der Waals surface area contributed by atoms with E-state index in [-0.39, 0.29) is 11.9 Å². The van der Waals surface area contributed by atoms with Crippen molar-refractivity contribution in [3.8, 4) is 0 Å². The van der Waals surface area contributed by atoms with Crippen LogP contribution in [0.2, 0.25) is 10.0 Å². The van der Waals surface area contributed by atoms with Crippen LogP contribution in [-0.2, 0) is 11.3 Å². The van der Waals surface area contributed by atoms with E-state index < -0.39 is 0 Å². The molecule has 0 aromatic heterocycles. The molecule has 19 heavy (non-hydrogen) atoms. The van der Waals surface area contributed by atoms with E-state index in [2.05, 4.69) is 24.5 Å². The van der Waals surface area contributed by atoms with Crippen LogP contribution in [0.15, 0.2) is 18.2 Å². The van der Waals surface area contributed by atoms with E-state index in [1.165, 1.54) is 0 Å². The molecule has 3 nitrogen and oxygen atoms in total. The van der Waals surface area contributed by atoms with E-state index >= 15 is 0 Å². The topological polar surface area (TPSA) is 41.1 Å². The second kappa shape index (κ2) is 7.73. The van der Waals surface area contributed by atoms with E-state index in [0.717, 1.165) is 5.56 Å². The van der Waals surface area contributed by atoms with E-state index in [1.807, 2.05) is 6.92 Å². The van der Waals surface area contributed by atoms with Crippen LogP contribution in [0.25, 0.3) is 0 Å². The summed E-state index contributed by atoms with van der Waals surface area (Å²) in [5.41, 5.74) is 0.814. The zero-order valence-electron chi connectivity index (χ0n) is 11.5. The normalized spacial score (nSPS) is 12.5. The Morgan fingerprint density at radius 3 is 2.32 bits per heavy atom. The molecular formula is C14H20Cl2N2O. The Hall–Kier alpha value is -0.770. The molecular weight excluding hydrogens is 283 g/mol. The molecule has 2 N–H and O–H groups in total. The summed E-state index contributed by atoms with van der Waals surface area (Å²) in [7, 11) is 0. The first kappa shape index (κ1) is 16.3. The summed E-state index contributed by atoms with van der Waals surface area (Å²) < 4.78 is 0. The maximum Gasteiger partial charge on any atom is 0.236 e. The number of hydrogen-bond acceptors (Lipinski definition) is 2. The molecule has 5 heteroatoms. The van der Waals surface area contributed by atoms with Crippen LogP contribution in [0, 0.1) is 5.92 Å². The van der Waals surface area contributed by atoms with E-state index in [9.17, 15) is 4.79 Å². The maximum atomic E-state index is 11.8. The van der Waals surface area contributed by atoms with Gasteiger partial charge in [0.15, 0.2) is 0 Å². The lowest BCUT2D eigenvalue weighted by Crippen LogP contribution is -2.43. The van der Waals surface area contributed by atoms with Gasteiger partial charge >= 0.3 is 0 Å². The SMILES string of the molecule is CC(C)CNC(=O)C(C)NCc1c(Cl)cccc1Cl. The van der Waals surface area contributed by atoms with Crippen LogP contribution in [-0.4, -0.2) is 18.5 Å². The van der Waals surface area contributed by atoms with Crippen molar-refractivity contribution in [2.45, 2.75) is 33.4 Å². The van der Waals surface area contributed by atoms with Gasteiger partial charge in [-0.05, 0) is 25.0 Å². The van der Waals surface area contributed by atoms with Crippen LogP contribution >= 0.6 is 23.2 Å². The van der Waals surface area contributed by atoms with Crippen molar-refractivity contribution in [3.05, 3.63) is 33.8 Å². The van der Waals surface area contributed by atoms with E-state index in [0.29, 0.717) is 29.1 Å². The first-order valence-electron chi connectivity index (χ1n) is 6.35. The van der Waals surface area contributed by atoms with E-state index in [1.54, 1.807) is 18.2 Å². The molecule has 1 rings (SSSR count). The molecule has 0 aliphatic rings. The van der Waals surface area contributed by atoms with Gasteiger partial charge in [0.2, 0.25) is 5.91 Å². The fraction of sp³-hybridized carbons (Fsp3) is 0.500. The minimum atomic E-state index is -0.286. The van der Waals surface area contributed by atoms with Crippen molar-refractivity contribution >= 4 is 29.1 Å². The van der Waals surface area contributed by atoms with Gasteiger partial charge in [-0.25, -0.2) is 0 Å². The Morgan fingerprint density at radius 1 is 1.21 bits per heavy atom. The molecule has 1 aromatic rings. The Morgan fingerprint density at radius 2 is 1.79 bits per heavy atom. The summed E-state index contributed by atoms with van der Waals surface area (Å²) in [5.74, 6) is 0.422. The third-order valence-electron chi connectivity index (χ3n) is 2.72. The number of carbonyl (C=O) groups excluding carboxylic acids is 1. The van der Waals surface area contributed by atoms with Gasteiger partial charge in [0.1, 0.15) is 0 Å². The van der Waals surface area contributed by atoms with Gasteiger partial charge < -0.3 is 10.6 Å². The van der Waals surface area contributed by atoms with Gasteiger partial charge in [0, 0.05) is 28.7 Å². The second-order valence-electron chi connectivity index (χ2n) is 4.94.